The lowest BCUT2D eigenvalue weighted by Crippen LogP contribution is -2.44. The van der Waals surface area contributed by atoms with Crippen molar-refractivity contribution in [3.05, 3.63) is 68.7 Å². The predicted molar refractivity (Wildman–Crippen MR) is 132 cm³/mol. The molecule has 8 nitrogen and oxygen atoms in total. The van der Waals surface area contributed by atoms with E-state index in [0.717, 1.165) is 17.3 Å². The van der Waals surface area contributed by atoms with Crippen molar-refractivity contribution in [2.75, 3.05) is 25.3 Å². The van der Waals surface area contributed by atoms with E-state index in [1.54, 1.807) is 24.3 Å². The highest BCUT2D eigenvalue weighted by molar-refractivity contribution is 9.10. The summed E-state index contributed by atoms with van der Waals surface area (Å²) in [6.07, 6.45) is 0. The monoisotopic (exact) mass is 543 g/mol. The number of nitriles is 1. The minimum Gasteiger partial charge on any atom is -0.496 e. The molecule has 176 valence electrons. The number of rotatable bonds is 7. The molecule has 0 saturated carbocycles. The first-order valence-electron chi connectivity index (χ1n) is 10.1. The number of hydrogen-bond acceptors (Lipinski definition) is 7. The summed E-state index contributed by atoms with van der Waals surface area (Å²) in [5, 5.41) is 15.7. The van der Waals surface area contributed by atoms with Gasteiger partial charge in [0.2, 0.25) is 11.8 Å². The number of benzene rings is 2. The fourth-order valence-electron chi connectivity index (χ4n) is 3.59. The van der Waals surface area contributed by atoms with E-state index in [4.69, 9.17) is 9.47 Å². The second-order valence-corrected chi connectivity index (χ2v) is 9.21. The molecule has 0 radical (unpaired) electrons. The lowest BCUT2D eigenvalue weighted by Gasteiger charge is -2.31. The molecule has 34 heavy (non-hydrogen) atoms. The van der Waals surface area contributed by atoms with Crippen LogP contribution < -0.4 is 15.4 Å². The summed E-state index contributed by atoms with van der Waals surface area (Å²) in [5.74, 6) is -3.30. The highest BCUT2D eigenvalue weighted by Crippen LogP contribution is 2.42. The Hall–Kier alpha value is -3.29. The van der Waals surface area contributed by atoms with Crippen LogP contribution in [0.4, 0.5) is 5.69 Å². The minimum absolute atomic E-state index is 0.0446. The van der Waals surface area contributed by atoms with E-state index in [2.05, 4.69) is 32.6 Å². The second-order valence-electron chi connectivity index (χ2n) is 7.37. The molecule has 0 aliphatic carbocycles. The molecule has 2 atom stereocenters. The Labute approximate surface area is 209 Å². The van der Waals surface area contributed by atoms with Gasteiger partial charge in [0.1, 0.15) is 11.7 Å². The number of halogens is 1. The Morgan fingerprint density at radius 3 is 2.59 bits per heavy atom. The van der Waals surface area contributed by atoms with Gasteiger partial charge in [-0.25, -0.2) is 0 Å². The fourth-order valence-corrected chi connectivity index (χ4v) is 5.00. The summed E-state index contributed by atoms with van der Waals surface area (Å²) in [6.45, 7) is 1.88. The number of nitrogens with one attached hydrogen (secondary N) is 2. The average molecular weight is 544 g/mol. The molecule has 0 aromatic heterocycles. The maximum atomic E-state index is 12.9. The van der Waals surface area contributed by atoms with Gasteiger partial charge in [0, 0.05) is 11.6 Å². The number of allylic oxidation sites excluding steroid dienone is 1. The van der Waals surface area contributed by atoms with Gasteiger partial charge in [-0.2, -0.15) is 5.26 Å². The number of anilines is 1. The van der Waals surface area contributed by atoms with Gasteiger partial charge < -0.3 is 20.1 Å². The van der Waals surface area contributed by atoms with E-state index in [1.807, 2.05) is 25.1 Å². The summed E-state index contributed by atoms with van der Waals surface area (Å²) < 4.78 is 10.7. The molecular weight excluding hydrogens is 522 g/mol. The summed E-state index contributed by atoms with van der Waals surface area (Å²) in [6, 6.07) is 14.5. The first-order valence-corrected chi connectivity index (χ1v) is 11.9. The first-order chi connectivity index (χ1) is 16.3. The molecule has 2 amide bonds. The molecule has 1 aliphatic heterocycles. The van der Waals surface area contributed by atoms with Crippen molar-refractivity contribution in [3.63, 3.8) is 0 Å². The van der Waals surface area contributed by atoms with Crippen LogP contribution in [-0.4, -0.2) is 37.8 Å². The van der Waals surface area contributed by atoms with Crippen LogP contribution in [-0.2, 0) is 19.1 Å². The van der Waals surface area contributed by atoms with Crippen LogP contribution in [0.15, 0.2) is 57.5 Å². The Morgan fingerprint density at radius 1 is 1.24 bits per heavy atom. The van der Waals surface area contributed by atoms with Crippen molar-refractivity contribution in [1.82, 2.24) is 5.32 Å². The van der Waals surface area contributed by atoms with Crippen LogP contribution in [0.25, 0.3) is 0 Å². The molecule has 2 N–H and O–H groups in total. The summed E-state index contributed by atoms with van der Waals surface area (Å²) in [7, 11) is 2.70. The Balaban J connectivity index is 1.94. The molecule has 0 fully saturated rings. The van der Waals surface area contributed by atoms with Crippen molar-refractivity contribution in [1.29, 1.82) is 5.26 Å². The minimum atomic E-state index is -1.26. The highest BCUT2D eigenvalue weighted by Gasteiger charge is 2.44. The Morgan fingerprint density at radius 2 is 1.97 bits per heavy atom. The van der Waals surface area contributed by atoms with Crippen LogP contribution in [0.1, 0.15) is 17.0 Å². The van der Waals surface area contributed by atoms with E-state index in [-0.39, 0.29) is 22.3 Å². The molecule has 10 heteroatoms. The smallest absolute Gasteiger partial charge is 0.319 e. The number of carbonyl (C=O) groups is 3. The van der Waals surface area contributed by atoms with Crippen molar-refractivity contribution in [3.8, 4) is 11.8 Å². The first kappa shape index (κ1) is 25.3. The van der Waals surface area contributed by atoms with Crippen molar-refractivity contribution < 1.29 is 23.9 Å². The van der Waals surface area contributed by atoms with E-state index >= 15 is 0 Å². The maximum absolute atomic E-state index is 12.9. The highest BCUT2D eigenvalue weighted by atomic mass is 79.9. The lowest BCUT2D eigenvalue weighted by molar-refractivity contribution is -0.150. The second kappa shape index (κ2) is 11.2. The topological polar surface area (TPSA) is 118 Å². The maximum Gasteiger partial charge on any atom is 0.319 e. The number of methoxy groups -OCH3 is 2. The Bertz CT molecular complexity index is 1210. The number of aryl methyl sites for hydroxylation is 1. The lowest BCUT2D eigenvalue weighted by atomic mass is 9.78. The zero-order valence-electron chi connectivity index (χ0n) is 18.7. The number of nitrogens with zero attached hydrogens (tertiary/aromatic N) is 1. The number of para-hydroxylation sites is 1. The largest absolute Gasteiger partial charge is 0.496 e. The molecule has 0 saturated heterocycles. The van der Waals surface area contributed by atoms with E-state index < -0.39 is 23.7 Å². The summed E-state index contributed by atoms with van der Waals surface area (Å²) >= 11 is 4.43. The van der Waals surface area contributed by atoms with Crippen LogP contribution in [0.3, 0.4) is 0 Å². The van der Waals surface area contributed by atoms with Gasteiger partial charge in [-0.1, -0.05) is 36.0 Å². The zero-order valence-corrected chi connectivity index (χ0v) is 21.1. The third-order valence-corrected chi connectivity index (χ3v) is 6.92. The molecule has 3 rings (SSSR count). The fraction of sp³-hybridized carbons (Fsp3) is 0.250. The number of thioether (sulfide) groups is 1. The van der Waals surface area contributed by atoms with Gasteiger partial charge in [0.25, 0.3) is 0 Å². The molecule has 1 heterocycles. The molecular formula is C24H22BrN3O5S. The zero-order chi connectivity index (χ0) is 24.8. The molecule has 0 bridgehead atoms. The van der Waals surface area contributed by atoms with Gasteiger partial charge in [-0.15, -0.1) is 0 Å². The predicted octanol–water partition coefficient (Wildman–Crippen LogP) is 3.88. The molecule has 1 aliphatic rings. The number of hydrogen-bond donors (Lipinski definition) is 2. The summed E-state index contributed by atoms with van der Waals surface area (Å²) in [5.41, 5.74) is 2.31. The van der Waals surface area contributed by atoms with E-state index in [0.29, 0.717) is 21.5 Å². The molecule has 0 spiro atoms. The Kier molecular flexibility index (Phi) is 8.36. The van der Waals surface area contributed by atoms with Crippen LogP contribution >= 0.6 is 27.7 Å². The van der Waals surface area contributed by atoms with E-state index in [1.165, 1.54) is 14.2 Å². The number of ether oxygens (including phenoxy) is 2. The van der Waals surface area contributed by atoms with Gasteiger partial charge in [-0.05, 0) is 52.2 Å². The number of carbonyl (C=O) groups excluding carboxylic acids is 3. The van der Waals surface area contributed by atoms with E-state index in [9.17, 15) is 19.6 Å². The SMILES string of the molecule is COC(=O)[C@@H]1C(=O)NC(SCC(=O)Nc2ccccc2C)=C(C#N)[C@H]1c1ccc(OC)c(Br)c1. The van der Waals surface area contributed by atoms with Gasteiger partial charge >= 0.3 is 5.97 Å². The summed E-state index contributed by atoms with van der Waals surface area (Å²) in [4.78, 5) is 38.0. The normalized spacial score (nSPS) is 17.4. The van der Waals surface area contributed by atoms with Gasteiger partial charge in [0.05, 0.1) is 41.1 Å². The average Bonchev–Trinajstić information content (AvgIpc) is 2.83. The van der Waals surface area contributed by atoms with Crippen LogP contribution in [0.2, 0.25) is 0 Å². The third kappa shape index (κ3) is 5.43. The molecule has 0 unspecified atom stereocenters. The standard InChI is InChI=1S/C24H22BrN3O5S/c1-13-6-4-5-7-17(13)27-19(29)12-34-23-15(11-26)20(21(22(30)28-23)24(31)33-3)14-8-9-18(32-2)16(25)10-14/h4-10,20-21H,12H2,1-3H3,(H,27,29)(H,28,30)/t20-,21+/m1/s1. The van der Waals surface area contributed by atoms with Gasteiger partial charge in [-0.3, -0.25) is 14.4 Å². The van der Waals surface area contributed by atoms with Crippen molar-refractivity contribution >= 4 is 51.2 Å². The number of esters is 1. The number of amides is 2. The molecule has 2 aromatic carbocycles. The van der Waals surface area contributed by atoms with Crippen molar-refractivity contribution in [2.24, 2.45) is 5.92 Å². The van der Waals surface area contributed by atoms with Gasteiger partial charge in [0.15, 0.2) is 0 Å². The quantitative estimate of drug-likeness (QED) is 0.402. The van der Waals surface area contributed by atoms with Crippen molar-refractivity contribution in [2.45, 2.75) is 12.8 Å². The van der Waals surface area contributed by atoms with Crippen LogP contribution in [0.5, 0.6) is 5.75 Å². The van der Waals surface area contributed by atoms with Crippen LogP contribution in [0, 0.1) is 24.2 Å². The molecule has 2 aromatic rings. The third-order valence-electron chi connectivity index (χ3n) is 5.29.